The van der Waals surface area contributed by atoms with Crippen molar-refractivity contribution in [1.29, 1.82) is 0 Å². The molecule has 0 unspecified atom stereocenters. The van der Waals surface area contributed by atoms with Crippen molar-refractivity contribution in [3.8, 4) is 11.3 Å². The number of carbonyl (C=O) groups excluding carboxylic acids is 1. The molecular weight excluding hydrogens is 242 g/mol. The molecule has 0 bridgehead atoms. The number of nitrogen functional groups attached to an aromatic ring is 1. The number of hydrogen-bond donors (Lipinski definition) is 2. The van der Waals surface area contributed by atoms with E-state index in [9.17, 15) is 4.79 Å². The predicted octanol–water partition coefficient (Wildman–Crippen LogP) is 2.18. The maximum atomic E-state index is 11.3. The molecule has 0 aliphatic rings. The summed E-state index contributed by atoms with van der Waals surface area (Å²) < 4.78 is 5.02. The number of hydrogen-bond acceptors (Lipinski definition) is 4. The molecule has 0 saturated heterocycles. The maximum absolute atomic E-state index is 11.3. The number of nitrogens with two attached hydrogens (primary N) is 2. The van der Waals surface area contributed by atoms with E-state index in [0.29, 0.717) is 11.3 Å². The molecule has 0 fully saturated rings. The van der Waals surface area contributed by atoms with Gasteiger partial charge in [0.1, 0.15) is 12.0 Å². The summed E-state index contributed by atoms with van der Waals surface area (Å²) in [5.41, 5.74) is 12.7. The van der Waals surface area contributed by atoms with Crippen molar-refractivity contribution in [2.45, 2.75) is 0 Å². The monoisotopic (exact) mass is 253 g/mol. The molecule has 5 heteroatoms. The molecule has 3 rings (SSSR count). The Morgan fingerprint density at radius 1 is 1.21 bits per heavy atom. The van der Waals surface area contributed by atoms with E-state index in [4.69, 9.17) is 15.9 Å². The summed E-state index contributed by atoms with van der Waals surface area (Å²) in [4.78, 5) is 15.4. The minimum Gasteiger partial charge on any atom is -0.432 e. The van der Waals surface area contributed by atoms with Crippen LogP contribution in [0.1, 0.15) is 10.4 Å². The van der Waals surface area contributed by atoms with Crippen molar-refractivity contribution in [3.05, 3.63) is 48.2 Å². The fraction of sp³-hybridized carbons (Fsp3) is 0. The Morgan fingerprint density at radius 3 is 2.74 bits per heavy atom. The lowest BCUT2D eigenvalue weighted by Crippen LogP contribution is -2.10. The van der Waals surface area contributed by atoms with Gasteiger partial charge >= 0.3 is 0 Å². The highest BCUT2D eigenvalue weighted by molar-refractivity contribution is 6.02. The highest BCUT2D eigenvalue weighted by Gasteiger charge is 2.10. The van der Waals surface area contributed by atoms with Crippen molar-refractivity contribution >= 4 is 22.7 Å². The second-order valence-corrected chi connectivity index (χ2v) is 4.18. The Bertz CT molecular complexity index is 777. The van der Waals surface area contributed by atoms with Gasteiger partial charge < -0.3 is 15.9 Å². The van der Waals surface area contributed by atoms with Crippen molar-refractivity contribution in [2.24, 2.45) is 5.73 Å². The van der Waals surface area contributed by atoms with Gasteiger partial charge in [-0.25, -0.2) is 0 Å². The number of nitrogens with zero attached hydrogens (tertiary/aromatic N) is 1. The van der Waals surface area contributed by atoms with E-state index in [0.717, 1.165) is 16.3 Å². The lowest BCUT2D eigenvalue weighted by molar-refractivity contribution is 0.100. The van der Waals surface area contributed by atoms with Crippen molar-refractivity contribution in [3.63, 3.8) is 0 Å². The Morgan fingerprint density at radius 2 is 2.05 bits per heavy atom. The van der Waals surface area contributed by atoms with E-state index in [1.54, 1.807) is 12.1 Å². The predicted molar refractivity (Wildman–Crippen MR) is 72.4 cm³/mol. The summed E-state index contributed by atoms with van der Waals surface area (Å²) in [6.07, 6.45) is 1.49. The quantitative estimate of drug-likeness (QED) is 0.731. The van der Waals surface area contributed by atoms with Crippen molar-refractivity contribution in [1.82, 2.24) is 4.98 Å². The number of rotatable bonds is 2. The minimum absolute atomic E-state index is 0.109. The number of amides is 1. The largest absolute Gasteiger partial charge is 0.432 e. The number of benzene rings is 2. The van der Waals surface area contributed by atoms with Gasteiger partial charge in [0.25, 0.3) is 6.01 Å². The second kappa shape index (κ2) is 4.13. The molecular formula is C14H11N3O2. The summed E-state index contributed by atoms with van der Waals surface area (Å²) in [6.45, 7) is 0. The number of carbonyl (C=O) groups is 1. The number of primary amides is 1. The van der Waals surface area contributed by atoms with Gasteiger partial charge in [0.15, 0.2) is 0 Å². The van der Waals surface area contributed by atoms with Crippen LogP contribution in [0.3, 0.4) is 0 Å². The lowest BCUT2D eigenvalue weighted by Gasteiger charge is -2.05. The van der Waals surface area contributed by atoms with Gasteiger partial charge in [-0.15, -0.1) is 0 Å². The third kappa shape index (κ3) is 1.91. The molecule has 1 aromatic heterocycles. The third-order valence-corrected chi connectivity index (χ3v) is 2.96. The molecule has 4 N–H and O–H groups in total. The standard InChI is InChI=1S/C14H11N3O2/c15-13(18)9-5-4-8-2-1-3-10(11(8)6-9)12-7-19-14(16)17-12/h1-7H,(H2,15,18)(H2,16,17). The number of oxazole rings is 1. The van der Waals surface area contributed by atoms with E-state index in [2.05, 4.69) is 4.98 Å². The van der Waals surface area contributed by atoms with Crippen LogP contribution in [0.4, 0.5) is 6.01 Å². The molecule has 0 aliphatic heterocycles. The minimum atomic E-state index is -0.462. The van der Waals surface area contributed by atoms with Crippen LogP contribution in [0.25, 0.3) is 22.0 Å². The molecule has 19 heavy (non-hydrogen) atoms. The fourth-order valence-electron chi connectivity index (χ4n) is 2.06. The lowest BCUT2D eigenvalue weighted by atomic mass is 10.00. The maximum Gasteiger partial charge on any atom is 0.292 e. The van der Waals surface area contributed by atoms with Crippen LogP contribution in [0.5, 0.6) is 0 Å². The van der Waals surface area contributed by atoms with E-state index < -0.39 is 5.91 Å². The van der Waals surface area contributed by atoms with Crippen LogP contribution < -0.4 is 11.5 Å². The molecule has 0 atom stereocenters. The zero-order valence-corrected chi connectivity index (χ0v) is 9.96. The molecule has 2 aromatic carbocycles. The average molecular weight is 253 g/mol. The van der Waals surface area contributed by atoms with Crippen molar-refractivity contribution < 1.29 is 9.21 Å². The van der Waals surface area contributed by atoms with Gasteiger partial charge in [-0.3, -0.25) is 4.79 Å². The van der Waals surface area contributed by atoms with Crippen LogP contribution in [0.2, 0.25) is 0 Å². The van der Waals surface area contributed by atoms with Gasteiger partial charge in [-0.1, -0.05) is 24.3 Å². The topological polar surface area (TPSA) is 95.1 Å². The third-order valence-electron chi connectivity index (χ3n) is 2.96. The molecule has 0 aliphatic carbocycles. The number of aromatic nitrogens is 1. The molecule has 0 spiro atoms. The van der Waals surface area contributed by atoms with Crippen LogP contribution in [-0.4, -0.2) is 10.9 Å². The number of anilines is 1. The van der Waals surface area contributed by atoms with E-state index in [1.165, 1.54) is 6.26 Å². The Labute approximate surface area is 108 Å². The molecule has 3 aromatic rings. The summed E-state index contributed by atoms with van der Waals surface area (Å²) in [6, 6.07) is 11.2. The van der Waals surface area contributed by atoms with Crippen LogP contribution in [0.15, 0.2) is 47.1 Å². The van der Waals surface area contributed by atoms with Gasteiger partial charge in [-0.2, -0.15) is 4.98 Å². The summed E-state index contributed by atoms with van der Waals surface area (Å²) >= 11 is 0. The molecule has 1 amide bonds. The molecule has 0 radical (unpaired) electrons. The Balaban J connectivity index is 2.29. The average Bonchev–Trinajstić information content (AvgIpc) is 2.84. The van der Waals surface area contributed by atoms with E-state index in [-0.39, 0.29) is 6.01 Å². The first kappa shape index (κ1) is 11.3. The van der Waals surface area contributed by atoms with Gasteiger partial charge in [0, 0.05) is 11.1 Å². The van der Waals surface area contributed by atoms with E-state index >= 15 is 0 Å². The Hall–Kier alpha value is -2.82. The summed E-state index contributed by atoms with van der Waals surface area (Å²) in [7, 11) is 0. The Kier molecular flexibility index (Phi) is 2.45. The van der Waals surface area contributed by atoms with Gasteiger partial charge in [0.05, 0.1) is 0 Å². The SMILES string of the molecule is NC(=O)c1ccc2cccc(-c3coc(N)n3)c2c1. The highest BCUT2D eigenvalue weighted by atomic mass is 16.4. The first-order valence-corrected chi connectivity index (χ1v) is 5.69. The molecule has 0 saturated carbocycles. The van der Waals surface area contributed by atoms with E-state index in [1.807, 2.05) is 24.3 Å². The van der Waals surface area contributed by atoms with Crippen LogP contribution in [0, 0.1) is 0 Å². The normalized spacial score (nSPS) is 10.7. The van der Waals surface area contributed by atoms with Gasteiger partial charge in [-0.05, 0) is 22.9 Å². The van der Waals surface area contributed by atoms with Crippen LogP contribution in [-0.2, 0) is 0 Å². The molecule has 94 valence electrons. The fourth-order valence-corrected chi connectivity index (χ4v) is 2.06. The summed E-state index contributed by atoms with van der Waals surface area (Å²) in [5, 5.41) is 1.87. The summed E-state index contributed by atoms with van der Waals surface area (Å²) in [5.74, 6) is -0.462. The highest BCUT2D eigenvalue weighted by Crippen LogP contribution is 2.29. The van der Waals surface area contributed by atoms with Crippen molar-refractivity contribution in [2.75, 3.05) is 5.73 Å². The second-order valence-electron chi connectivity index (χ2n) is 4.18. The molecule has 5 nitrogen and oxygen atoms in total. The first-order valence-electron chi connectivity index (χ1n) is 5.69. The van der Waals surface area contributed by atoms with Gasteiger partial charge in [0.2, 0.25) is 5.91 Å². The van der Waals surface area contributed by atoms with Crippen LogP contribution >= 0.6 is 0 Å². The zero-order chi connectivity index (χ0) is 13.4. The molecule has 1 heterocycles. The number of fused-ring (bicyclic) bond motifs is 1. The smallest absolute Gasteiger partial charge is 0.292 e. The first-order chi connectivity index (χ1) is 9.15. The zero-order valence-electron chi connectivity index (χ0n) is 9.96.